The molecule has 7 heteroatoms. The molecule has 16 heavy (non-hydrogen) atoms. The predicted molar refractivity (Wildman–Crippen MR) is 50.9 cm³/mol. The van der Waals surface area contributed by atoms with Crippen molar-refractivity contribution in [3.63, 3.8) is 0 Å². The van der Waals surface area contributed by atoms with E-state index < -0.39 is 5.97 Å². The highest BCUT2D eigenvalue weighted by atomic mass is 16.5. The molecule has 2 aromatic rings. The molecule has 2 aromatic heterocycles. The van der Waals surface area contributed by atoms with E-state index in [-0.39, 0.29) is 11.6 Å². The van der Waals surface area contributed by atoms with Gasteiger partial charge in [0.15, 0.2) is 17.0 Å². The molecule has 0 bridgehead atoms. The van der Waals surface area contributed by atoms with Gasteiger partial charge in [-0.1, -0.05) is 0 Å². The van der Waals surface area contributed by atoms with Crippen molar-refractivity contribution in [1.82, 2.24) is 14.6 Å². The minimum Gasteiger partial charge on any atom is -0.486 e. The Bertz CT molecular complexity index is 577. The van der Waals surface area contributed by atoms with Crippen LogP contribution in [0, 0.1) is 0 Å². The smallest absolute Gasteiger partial charge is 0.356 e. The molecule has 0 fully saturated rings. The van der Waals surface area contributed by atoms with Gasteiger partial charge in [0.1, 0.15) is 13.2 Å². The molecule has 0 unspecified atom stereocenters. The zero-order valence-corrected chi connectivity index (χ0v) is 8.08. The second-order valence-electron chi connectivity index (χ2n) is 3.24. The van der Waals surface area contributed by atoms with E-state index in [1.54, 1.807) is 0 Å². The van der Waals surface area contributed by atoms with Crippen LogP contribution < -0.4 is 9.47 Å². The van der Waals surface area contributed by atoms with Crippen molar-refractivity contribution in [3.05, 3.63) is 18.1 Å². The molecule has 82 valence electrons. The number of carboxylic acids is 1. The third-order valence-corrected chi connectivity index (χ3v) is 2.23. The van der Waals surface area contributed by atoms with Gasteiger partial charge in [-0.15, -0.1) is 0 Å². The van der Waals surface area contributed by atoms with E-state index >= 15 is 0 Å². The van der Waals surface area contributed by atoms with E-state index in [1.165, 1.54) is 16.9 Å². The summed E-state index contributed by atoms with van der Waals surface area (Å²) >= 11 is 0. The Labute approximate surface area is 89.2 Å². The number of carboxylic acid groups (broad SMARTS) is 1. The molecule has 3 heterocycles. The first kappa shape index (κ1) is 8.96. The van der Waals surface area contributed by atoms with Crippen LogP contribution >= 0.6 is 0 Å². The van der Waals surface area contributed by atoms with Crippen LogP contribution in [0.1, 0.15) is 10.5 Å². The van der Waals surface area contributed by atoms with Gasteiger partial charge in [-0.2, -0.15) is 5.10 Å². The fourth-order valence-electron chi connectivity index (χ4n) is 1.55. The number of nitrogens with zero attached hydrogens (tertiary/aromatic N) is 3. The second kappa shape index (κ2) is 3.09. The van der Waals surface area contributed by atoms with Gasteiger partial charge >= 0.3 is 5.97 Å². The Kier molecular flexibility index (Phi) is 1.73. The lowest BCUT2D eigenvalue weighted by atomic mass is 10.4. The summed E-state index contributed by atoms with van der Waals surface area (Å²) in [6.45, 7) is 0.723. The number of aromatic carboxylic acids is 1. The van der Waals surface area contributed by atoms with Crippen molar-refractivity contribution >= 4 is 11.5 Å². The second-order valence-corrected chi connectivity index (χ2v) is 3.24. The predicted octanol–water partition coefficient (Wildman–Crippen LogP) is 0.199. The molecule has 1 N–H and O–H groups in total. The van der Waals surface area contributed by atoms with E-state index in [0.717, 1.165) is 0 Å². The largest absolute Gasteiger partial charge is 0.486 e. The van der Waals surface area contributed by atoms with Crippen LogP contribution in [0.5, 0.6) is 11.6 Å². The number of carbonyl (C=O) groups is 1. The van der Waals surface area contributed by atoms with E-state index in [2.05, 4.69) is 10.1 Å². The summed E-state index contributed by atoms with van der Waals surface area (Å²) in [5.74, 6) is -0.328. The molecule has 0 radical (unpaired) electrons. The molecule has 1 aliphatic rings. The number of rotatable bonds is 1. The fourth-order valence-corrected chi connectivity index (χ4v) is 1.55. The lowest BCUT2D eigenvalue weighted by Crippen LogP contribution is -2.09. The maximum Gasteiger partial charge on any atom is 0.356 e. The third kappa shape index (κ3) is 1.18. The van der Waals surface area contributed by atoms with Crippen molar-refractivity contribution in [3.8, 4) is 11.6 Å². The van der Waals surface area contributed by atoms with Crippen LogP contribution in [0.15, 0.2) is 12.4 Å². The SMILES string of the molecule is O=C(O)c1cn2ncc3c2c(n1)OCCO3. The number of ether oxygens (including phenoxy) is 2. The van der Waals surface area contributed by atoms with Crippen LogP contribution in [0.2, 0.25) is 0 Å². The van der Waals surface area contributed by atoms with Gasteiger partial charge in [-0.25, -0.2) is 14.3 Å². The summed E-state index contributed by atoms with van der Waals surface area (Å²) in [4.78, 5) is 14.7. The zero-order valence-electron chi connectivity index (χ0n) is 8.08. The normalized spacial score (nSPS) is 14.0. The van der Waals surface area contributed by atoms with Gasteiger partial charge < -0.3 is 14.6 Å². The van der Waals surface area contributed by atoms with Gasteiger partial charge in [-0.3, -0.25) is 0 Å². The topological polar surface area (TPSA) is 86.0 Å². The molecular weight excluding hydrogens is 214 g/mol. The summed E-state index contributed by atoms with van der Waals surface area (Å²) in [7, 11) is 0. The highest BCUT2D eigenvalue weighted by Gasteiger charge is 2.19. The van der Waals surface area contributed by atoms with Gasteiger partial charge in [-0.05, 0) is 0 Å². The van der Waals surface area contributed by atoms with Crippen molar-refractivity contribution in [2.24, 2.45) is 0 Å². The molecule has 0 spiro atoms. The highest BCUT2D eigenvalue weighted by Crippen LogP contribution is 2.29. The van der Waals surface area contributed by atoms with Gasteiger partial charge in [0.05, 0.1) is 12.4 Å². The molecule has 0 aliphatic carbocycles. The van der Waals surface area contributed by atoms with Crippen LogP contribution in [-0.2, 0) is 0 Å². The summed E-state index contributed by atoms with van der Waals surface area (Å²) < 4.78 is 12.1. The van der Waals surface area contributed by atoms with Crippen LogP contribution in [0.3, 0.4) is 0 Å². The Morgan fingerprint density at radius 3 is 3.06 bits per heavy atom. The summed E-state index contributed by atoms with van der Waals surface area (Å²) in [6.07, 6.45) is 2.84. The van der Waals surface area contributed by atoms with Crippen molar-refractivity contribution in [1.29, 1.82) is 0 Å². The molecule has 3 rings (SSSR count). The summed E-state index contributed by atoms with van der Waals surface area (Å²) in [5, 5.41) is 12.9. The maximum absolute atomic E-state index is 10.8. The highest BCUT2D eigenvalue weighted by molar-refractivity contribution is 5.86. The number of hydrogen-bond donors (Lipinski definition) is 1. The molecule has 0 saturated carbocycles. The van der Waals surface area contributed by atoms with Gasteiger partial charge in [0.25, 0.3) is 0 Å². The lowest BCUT2D eigenvalue weighted by Gasteiger charge is -2.03. The molecule has 0 atom stereocenters. The molecular formula is C9H7N3O4. The Balaban J connectivity index is 2.32. The van der Waals surface area contributed by atoms with Crippen LogP contribution in [-0.4, -0.2) is 38.9 Å². The third-order valence-electron chi connectivity index (χ3n) is 2.23. The van der Waals surface area contributed by atoms with Gasteiger partial charge in [0.2, 0.25) is 5.88 Å². The van der Waals surface area contributed by atoms with E-state index in [4.69, 9.17) is 14.6 Å². The monoisotopic (exact) mass is 221 g/mol. The zero-order chi connectivity index (χ0) is 11.1. The van der Waals surface area contributed by atoms with Crippen LogP contribution in [0.4, 0.5) is 0 Å². The summed E-state index contributed by atoms with van der Waals surface area (Å²) in [6, 6.07) is 0. The minimum atomic E-state index is -1.12. The number of hydrogen-bond acceptors (Lipinski definition) is 5. The van der Waals surface area contributed by atoms with E-state index in [0.29, 0.717) is 24.5 Å². The minimum absolute atomic E-state index is 0.112. The fraction of sp³-hybridized carbons (Fsp3) is 0.222. The molecule has 0 saturated heterocycles. The van der Waals surface area contributed by atoms with Crippen molar-refractivity contribution in [2.45, 2.75) is 0 Å². The van der Waals surface area contributed by atoms with E-state index in [1.807, 2.05) is 0 Å². The standard InChI is InChI=1S/C9H7N3O4/c13-9(14)5-4-12-7-6(3-10-12)15-1-2-16-8(7)11-5/h3-4H,1-2H2,(H,13,14). The maximum atomic E-state index is 10.8. The van der Waals surface area contributed by atoms with Crippen molar-refractivity contribution in [2.75, 3.05) is 13.2 Å². The lowest BCUT2D eigenvalue weighted by molar-refractivity contribution is 0.0688. The molecule has 7 nitrogen and oxygen atoms in total. The quantitative estimate of drug-likeness (QED) is 0.740. The average Bonchev–Trinajstić information content (AvgIpc) is 2.55. The first-order valence-electron chi connectivity index (χ1n) is 4.63. The van der Waals surface area contributed by atoms with Crippen LogP contribution in [0.25, 0.3) is 5.52 Å². The van der Waals surface area contributed by atoms with Gasteiger partial charge in [0, 0.05) is 0 Å². The molecule has 1 aliphatic heterocycles. The Morgan fingerprint density at radius 2 is 2.25 bits per heavy atom. The molecule has 0 amide bonds. The Hall–Kier alpha value is -2.31. The van der Waals surface area contributed by atoms with E-state index in [9.17, 15) is 4.79 Å². The first-order valence-corrected chi connectivity index (χ1v) is 4.63. The number of aromatic nitrogens is 3. The average molecular weight is 221 g/mol. The molecule has 0 aromatic carbocycles. The summed E-state index contributed by atoms with van der Waals surface area (Å²) in [5.41, 5.74) is 0.446. The Morgan fingerprint density at radius 1 is 1.44 bits per heavy atom. The first-order chi connectivity index (χ1) is 7.75. The van der Waals surface area contributed by atoms with Crippen molar-refractivity contribution < 1.29 is 19.4 Å².